The smallest absolute Gasteiger partial charge is 0.253 e. The van der Waals surface area contributed by atoms with Gasteiger partial charge in [0.2, 0.25) is 0 Å². The van der Waals surface area contributed by atoms with Crippen LogP contribution in [0, 0.1) is 5.82 Å². The van der Waals surface area contributed by atoms with Gasteiger partial charge in [0.05, 0.1) is 11.3 Å². The van der Waals surface area contributed by atoms with Gasteiger partial charge < -0.3 is 10.1 Å². The number of carbonyl (C=O) groups is 1. The minimum atomic E-state index is -0.345. The lowest BCUT2D eigenvalue weighted by molar-refractivity contribution is 0.0939. The summed E-state index contributed by atoms with van der Waals surface area (Å²) in [4.78, 5) is 16.1. The number of nitrogens with zero attached hydrogens (tertiary/aromatic N) is 1. The van der Waals surface area contributed by atoms with Crippen molar-refractivity contribution in [1.29, 1.82) is 0 Å². The highest BCUT2D eigenvalue weighted by Gasteiger charge is 2.09. The molecule has 0 spiro atoms. The third-order valence-corrected chi connectivity index (χ3v) is 3.26. The van der Waals surface area contributed by atoms with Crippen LogP contribution in [0.15, 0.2) is 42.6 Å². The van der Waals surface area contributed by atoms with E-state index in [4.69, 9.17) is 4.74 Å². The maximum atomic E-state index is 13.0. The predicted molar refractivity (Wildman–Crippen MR) is 82.2 cm³/mol. The number of nitrogens with one attached hydrogen (secondary N) is 1. The Morgan fingerprint density at radius 3 is 2.82 bits per heavy atom. The Morgan fingerprint density at radius 1 is 1.36 bits per heavy atom. The summed E-state index contributed by atoms with van der Waals surface area (Å²) in [6.07, 6.45) is 2.39. The lowest BCUT2D eigenvalue weighted by Gasteiger charge is -2.11. The minimum absolute atomic E-state index is 0.128. The van der Waals surface area contributed by atoms with E-state index in [1.165, 1.54) is 18.3 Å². The van der Waals surface area contributed by atoms with Crippen molar-refractivity contribution in [3.05, 3.63) is 59.7 Å². The van der Waals surface area contributed by atoms with Crippen molar-refractivity contribution in [2.45, 2.75) is 32.9 Å². The molecule has 0 fully saturated rings. The van der Waals surface area contributed by atoms with Gasteiger partial charge in [0.25, 0.3) is 5.91 Å². The first-order chi connectivity index (χ1) is 10.6. The van der Waals surface area contributed by atoms with Crippen molar-refractivity contribution >= 4 is 5.91 Å². The van der Waals surface area contributed by atoms with Crippen molar-refractivity contribution in [3.8, 4) is 5.75 Å². The minimum Gasteiger partial charge on any atom is -0.487 e. The second-order valence-corrected chi connectivity index (χ2v) is 5.07. The zero-order valence-corrected chi connectivity index (χ0v) is 12.7. The highest BCUT2D eigenvalue weighted by molar-refractivity contribution is 5.94. The lowest BCUT2D eigenvalue weighted by atomic mass is 10.2. The number of hydrogen-bond acceptors (Lipinski definition) is 3. The molecule has 0 radical (unpaired) electrons. The van der Waals surface area contributed by atoms with E-state index in [0.29, 0.717) is 17.0 Å². The Balaban J connectivity index is 1.93. The summed E-state index contributed by atoms with van der Waals surface area (Å²) in [6, 6.07) is 9.49. The first-order valence-corrected chi connectivity index (χ1v) is 7.22. The number of benzene rings is 1. The van der Waals surface area contributed by atoms with E-state index in [1.807, 2.05) is 13.8 Å². The molecule has 2 aromatic rings. The van der Waals surface area contributed by atoms with E-state index >= 15 is 0 Å². The van der Waals surface area contributed by atoms with Crippen molar-refractivity contribution in [2.75, 3.05) is 0 Å². The lowest BCUT2D eigenvalue weighted by Crippen LogP contribution is -2.31. The molecule has 1 atom stereocenters. The Bertz CT molecular complexity index is 629. The van der Waals surface area contributed by atoms with E-state index in [9.17, 15) is 9.18 Å². The maximum Gasteiger partial charge on any atom is 0.253 e. The summed E-state index contributed by atoms with van der Waals surface area (Å²) in [6.45, 7) is 4.18. The zero-order chi connectivity index (χ0) is 15.9. The molecule has 1 aromatic carbocycles. The van der Waals surface area contributed by atoms with E-state index < -0.39 is 0 Å². The molecule has 1 N–H and O–H groups in total. The number of hydrogen-bond donors (Lipinski definition) is 1. The van der Waals surface area contributed by atoms with Crippen LogP contribution in [0.5, 0.6) is 5.75 Å². The number of aromatic nitrogens is 1. The molecular formula is C17H19FN2O2. The SMILES string of the molecule is CC[C@@H](C)NC(=O)c1ccc(COc2cccc(F)c2)nc1. The molecule has 0 bridgehead atoms. The fourth-order valence-corrected chi connectivity index (χ4v) is 1.77. The second kappa shape index (κ2) is 7.54. The topological polar surface area (TPSA) is 51.2 Å². The van der Waals surface area contributed by atoms with Gasteiger partial charge in [-0.2, -0.15) is 0 Å². The van der Waals surface area contributed by atoms with Gasteiger partial charge in [0.1, 0.15) is 18.2 Å². The second-order valence-electron chi connectivity index (χ2n) is 5.07. The van der Waals surface area contributed by atoms with Crippen LogP contribution < -0.4 is 10.1 Å². The number of carbonyl (C=O) groups excluding carboxylic acids is 1. The molecule has 0 saturated carbocycles. The molecule has 1 amide bonds. The Kier molecular flexibility index (Phi) is 5.47. The Hall–Kier alpha value is -2.43. The number of pyridine rings is 1. The van der Waals surface area contributed by atoms with E-state index in [2.05, 4.69) is 10.3 Å². The number of halogens is 1. The molecule has 5 heteroatoms. The molecule has 4 nitrogen and oxygen atoms in total. The summed E-state index contributed by atoms with van der Waals surface area (Å²) in [5, 5.41) is 2.88. The summed E-state index contributed by atoms with van der Waals surface area (Å²) in [5.41, 5.74) is 1.18. The van der Waals surface area contributed by atoms with Crippen molar-refractivity contribution in [2.24, 2.45) is 0 Å². The largest absolute Gasteiger partial charge is 0.487 e. The molecule has 0 unspecified atom stereocenters. The van der Waals surface area contributed by atoms with Crippen LogP contribution in [0.3, 0.4) is 0 Å². The van der Waals surface area contributed by atoms with Gasteiger partial charge in [-0.1, -0.05) is 13.0 Å². The average Bonchev–Trinajstić information content (AvgIpc) is 2.53. The molecular weight excluding hydrogens is 283 g/mol. The molecule has 0 saturated heterocycles. The maximum absolute atomic E-state index is 13.0. The Morgan fingerprint density at radius 2 is 2.18 bits per heavy atom. The van der Waals surface area contributed by atoms with Gasteiger partial charge in [-0.25, -0.2) is 4.39 Å². The molecule has 0 aliphatic rings. The van der Waals surface area contributed by atoms with Gasteiger partial charge in [-0.3, -0.25) is 9.78 Å². The first-order valence-electron chi connectivity index (χ1n) is 7.22. The average molecular weight is 302 g/mol. The molecule has 2 rings (SSSR count). The normalized spacial score (nSPS) is 11.8. The standard InChI is InChI=1S/C17H19FN2O2/c1-3-12(2)20-17(21)13-7-8-15(19-10-13)11-22-16-6-4-5-14(18)9-16/h4-10,12H,3,11H2,1-2H3,(H,20,21)/t12-/m1/s1. The van der Waals surface area contributed by atoms with Crippen LogP contribution in [0.4, 0.5) is 4.39 Å². The molecule has 0 aliphatic heterocycles. The predicted octanol–water partition coefficient (Wildman–Crippen LogP) is 3.33. The molecule has 0 aliphatic carbocycles. The van der Waals surface area contributed by atoms with Crippen LogP contribution >= 0.6 is 0 Å². The molecule has 116 valence electrons. The van der Waals surface area contributed by atoms with Crippen LogP contribution in [0.25, 0.3) is 0 Å². The van der Waals surface area contributed by atoms with Crippen molar-refractivity contribution in [1.82, 2.24) is 10.3 Å². The zero-order valence-electron chi connectivity index (χ0n) is 12.7. The van der Waals surface area contributed by atoms with Gasteiger partial charge in [-0.15, -0.1) is 0 Å². The fraction of sp³-hybridized carbons (Fsp3) is 0.294. The number of rotatable bonds is 6. The molecule has 1 aromatic heterocycles. The first kappa shape index (κ1) is 15.9. The van der Waals surface area contributed by atoms with Crippen molar-refractivity contribution < 1.29 is 13.9 Å². The number of amides is 1. The highest BCUT2D eigenvalue weighted by atomic mass is 19.1. The summed E-state index contributed by atoms with van der Waals surface area (Å²) >= 11 is 0. The van der Waals surface area contributed by atoms with E-state index in [1.54, 1.807) is 24.3 Å². The fourth-order valence-electron chi connectivity index (χ4n) is 1.77. The summed E-state index contributed by atoms with van der Waals surface area (Å²) in [7, 11) is 0. The highest BCUT2D eigenvalue weighted by Crippen LogP contribution is 2.13. The van der Waals surface area contributed by atoms with Gasteiger partial charge in [0.15, 0.2) is 0 Å². The molecule has 22 heavy (non-hydrogen) atoms. The third-order valence-electron chi connectivity index (χ3n) is 3.26. The summed E-state index contributed by atoms with van der Waals surface area (Å²) < 4.78 is 18.5. The molecule has 1 heterocycles. The van der Waals surface area contributed by atoms with Crippen LogP contribution in [0.1, 0.15) is 36.3 Å². The Labute approximate surface area is 129 Å². The van der Waals surface area contributed by atoms with Gasteiger partial charge in [-0.05, 0) is 37.6 Å². The monoisotopic (exact) mass is 302 g/mol. The van der Waals surface area contributed by atoms with Crippen LogP contribution in [-0.2, 0) is 6.61 Å². The van der Waals surface area contributed by atoms with Crippen molar-refractivity contribution in [3.63, 3.8) is 0 Å². The number of ether oxygens (including phenoxy) is 1. The third kappa shape index (κ3) is 4.55. The quantitative estimate of drug-likeness (QED) is 0.890. The van der Waals surface area contributed by atoms with Crippen LogP contribution in [-0.4, -0.2) is 16.9 Å². The van der Waals surface area contributed by atoms with E-state index in [0.717, 1.165) is 6.42 Å². The van der Waals surface area contributed by atoms with Crippen LogP contribution in [0.2, 0.25) is 0 Å². The summed E-state index contributed by atoms with van der Waals surface area (Å²) in [5.74, 6) is -0.0395. The van der Waals surface area contributed by atoms with Gasteiger partial charge >= 0.3 is 0 Å². The van der Waals surface area contributed by atoms with E-state index in [-0.39, 0.29) is 24.4 Å². The van der Waals surface area contributed by atoms with Gasteiger partial charge in [0, 0.05) is 18.3 Å².